The van der Waals surface area contributed by atoms with Gasteiger partial charge in [-0.05, 0) is 31.2 Å². The number of hydrogen-bond donors (Lipinski definition) is 2. The van der Waals surface area contributed by atoms with Crippen molar-refractivity contribution in [3.63, 3.8) is 0 Å². The van der Waals surface area contributed by atoms with Gasteiger partial charge in [-0.3, -0.25) is 9.69 Å². The molecule has 22 heavy (non-hydrogen) atoms. The lowest BCUT2D eigenvalue weighted by Gasteiger charge is -2.31. The van der Waals surface area contributed by atoms with E-state index in [1.165, 1.54) is 4.90 Å². The van der Waals surface area contributed by atoms with Crippen LogP contribution in [0.25, 0.3) is 0 Å². The van der Waals surface area contributed by atoms with Gasteiger partial charge in [-0.15, -0.1) is 0 Å². The summed E-state index contributed by atoms with van der Waals surface area (Å²) >= 11 is 0. The molecule has 0 unspecified atom stereocenters. The number of likely N-dealkylation sites (N-methyl/N-ethyl adjacent to an activating group) is 1. The SMILES string of the molecule is CCN1CC[NH+](CCC(=O)Nc2cc(C)ccc2OC)CC1. The molecule has 5 nitrogen and oxygen atoms in total. The molecule has 0 saturated carbocycles. The van der Waals surface area contributed by atoms with Crippen LogP contribution in [0.4, 0.5) is 5.69 Å². The Kier molecular flexibility index (Phi) is 6.21. The standard InChI is InChI=1S/C17H27N3O2/c1-4-19-9-11-20(12-10-19)8-7-17(21)18-15-13-14(2)5-6-16(15)22-3/h5-6,13H,4,7-12H2,1-3H3,(H,18,21)/p+1. The minimum atomic E-state index is 0.0642. The molecular formula is C17H28N3O2+. The molecule has 122 valence electrons. The first-order valence-corrected chi connectivity index (χ1v) is 8.12. The fourth-order valence-corrected chi connectivity index (χ4v) is 2.86. The molecule has 1 fully saturated rings. The second kappa shape index (κ2) is 8.15. The summed E-state index contributed by atoms with van der Waals surface area (Å²) in [6.45, 7) is 10.8. The first-order valence-electron chi connectivity index (χ1n) is 8.12. The molecule has 5 heteroatoms. The number of quaternary nitrogens is 1. The zero-order valence-electron chi connectivity index (χ0n) is 13.9. The summed E-state index contributed by atoms with van der Waals surface area (Å²) in [5.74, 6) is 0.775. The highest BCUT2D eigenvalue weighted by molar-refractivity contribution is 5.92. The molecule has 0 aliphatic carbocycles. The van der Waals surface area contributed by atoms with Gasteiger partial charge in [0.1, 0.15) is 5.75 Å². The fraction of sp³-hybridized carbons (Fsp3) is 0.588. The number of carbonyl (C=O) groups excluding carboxylic acids is 1. The Labute approximate surface area is 133 Å². The maximum atomic E-state index is 12.2. The second-order valence-electron chi connectivity index (χ2n) is 5.94. The van der Waals surface area contributed by atoms with Crippen LogP contribution < -0.4 is 15.0 Å². The summed E-state index contributed by atoms with van der Waals surface area (Å²) < 4.78 is 5.29. The zero-order chi connectivity index (χ0) is 15.9. The van der Waals surface area contributed by atoms with Gasteiger partial charge >= 0.3 is 0 Å². The Balaban J connectivity index is 1.80. The van der Waals surface area contributed by atoms with Gasteiger partial charge in [0.25, 0.3) is 0 Å². The normalized spacial score (nSPS) is 16.5. The van der Waals surface area contributed by atoms with E-state index in [2.05, 4.69) is 17.1 Å². The minimum absolute atomic E-state index is 0.0642. The molecule has 1 heterocycles. The Morgan fingerprint density at radius 3 is 2.73 bits per heavy atom. The molecule has 1 saturated heterocycles. The van der Waals surface area contributed by atoms with Gasteiger partial charge in [-0.2, -0.15) is 0 Å². The van der Waals surface area contributed by atoms with Crippen LogP contribution in [0.1, 0.15) is 18.9 Å². The predicted octanol–water partition coefficient (Wildman–Crippen LogP) is 0.553. The van der Waals surface area contributed by atoms with Gasteiger partial charge < -0.3 is 15.0 Å². The lowest BCUT2D eigenvalue weighted by atomic mass is 10.2. The van der Waals surface area contributed by atoms with Crippen molar-refractivity contribution in [1.82, 2.24) is 4.90 Å². The summed E-state index contributed by atoms with van der Waals surface area (Å²) in [5, 5.41) is 2.97. The number of nitrogens with one attached hydrogen (secondary N) is 2. The van der Waals surface area contributed by atoms with Crippen molar-refractivity contribution in [1.29, 1.82) is 0 Å². The quantitative estimate of drug-likeness (QED) is 0.807. The first-order chi connectivity index (χ1) is 10.6. The summed E-state index contributed by atoms with van der Waals surface area (Å²) in [5.41, 5.74) is 1.87. The van der Waals surface area contributed by atoms with Crippen molar-refractivity contribution in [3.8, 4) is 5.75 Å². The van der Waals surface area contributed by atoms with Crippen LogP contribution in [0.15, 0.2) is 18.2 Å². The molecule has 1 aromatic carbocycles. The Bertz CT molecular complexity index is 497. The van der Waals surface area contributed by atoms with Crippen LogP contribution in [0, 0.1) is 6.92 Å². The van der Waals surface area contributed by atoms with Crippen LogP contribution in [0.5, 0.6) is 5.75 Å². The number of nitrogens with zero attached hydrogens (tertiary/aromatic N) is 1. The van der Waals surface area contributed by atoms with Crippen molar-refractivity contribution in [2.45, 2.75) is 20.3 Å². The highest BCUT2D eigenvalue weighted by Crippen LogP contribution is 2.25. The summed E-state index contributed by atoms with van der Waals surface area (Å²) in [7, 11) is 1.62. The topological polar surface area (TPSA) is 46.0 Å². The third-order valence-electron chi connectivity index (χ3n) is 4.35. The van der Waals surface area contributed by atoms with Crippen LogP contribution in [0.2, 0.25) is 0 Å². The first kappa shape index (κ1) is 16.8. The van der Waals surface area contributed by atoms with Crippen LogP contribution in [-0.2, 0) is 4.79 Å². The Morgan fingerprint density at radius 1 is 1.36 bits per heavy atom. The number of rotatable bonds is 6. The van der Waals surface area contributed by atoms with E-state index in [0.717, 1.165) is 50.5 Å². The van der Waals surface area contributed by atoms with E-state index in [0.29, 0.717) is 12.2 Å². The average Bonchev–Trinajstić information content (AvgIpc) is 2.53. The van der Waals surface area contributed by atoms with Gasteiger partial charge in [0.15, 0.2) is 0 Å². The highest BCUT2D eigenvalue weighted by atomic mass is 16.5. The van der Waals surface area contributed by atoms with Gasteiger partial charge in [-0.25, -0.2) is 0 Å². The third kappa shape index (κ3) is 4.71. The Hall–Kier alpha value is -1.59. The van der Waals surface area contributed by atoms with E-state index in [1.807, 2.05) is 25.1 Å². The number of hydrogen-bond acceptors (Lipinski definition) is 3. The van der Waals surface area contributed by atoms with E-state index in [9.17, 15) is 4.79 Å². The molecule has 0 bridgehead atoms. The van der Waals surface area contributed by atoms with Crippen molar-refractivity contribution in [3.05, 3.63) is 23.8 Å². The number of anilines is 1. The van der Waals surface area contributed by atoms with Gasteiger partial charge in [0.2, 0.25) is 5.91 Å². The van der Waals surface area contributed by atoms with Crippen LogP contribution in [0.3, 0.4) is 0 Å². The molecular weight excluding hydrogens is 278 g/mol. The fourth-order valence-electron chi connectivity index (χ4n) is 2.86. The largest absolute Gasteiger partial charge is 0.495 e. The van der Waals surface area contributed by atoms with Crippen LogP contribution in [-0.4, -0.2) is 57.2 Å². The summed E-state index contributed by atoms with van der Waals surface area (Å²) in [6, 6.07) is 5.82. The van der Waals surface area contributed by atoms with Crippen molar-refractivity contribution in [2.24, 2.45) is 0 Å². The van der Waals surface area contributed by atoms with Crippen molar-refractivity contribution >= 4 is 11.6 Å². The number of ether oxygens (including phenoxy) is 1. The molecule has 1 aliphatic heterocycles. The number of aryl methyl sites for hydroxylation is 1. The monoisotopic (exact) mass is 306 g/mol. The molecule has 0 aromatic heterocycles. The van der Waals surface area contributed by atoms with E-state index >= 15 is 0 Å². The number of methoxy groups -OCH3 is 1. The number of carbonyl (C=O) groups is 1. The predicted molar refractivity (Wildman–Crippen MR) is 88.7 cm³/mol. The molecule has 0 spiro atoms. The maximum Gasteiger partial charge on any atom is 0.230 e. The number of piperazine rings is 1. The van der Waals surface area contributed by atoms with Gasteiger partial charge in [0, 0.05) is 13.1 Å². The van der Waals surface area contributed by atoms with E-state index in [1.54, 1.807) is 7.11 Å². The van der Waals surface area contributed by atoms with Crippen molar-refractivity contribution in [2.75, 3.05) is 51.7 Å². The smallest absolute Gasteiger partial charge is 0.230 e. The number of benzene rings is 1. The Morgan fingerprint density at radius 2 is 2.09 bits per heavy atom. The van der Waals surface area contributed by atoms with Crippen molar-refractivity contribution < 1.29 is 14.4 Å². The molecule has 0 atom stereocenters. The molecule has 1 aliphatic rings. The van der Waals surface area contributed by atoms with E-state index in [4.69, 9.17) is 4.74 Å². The number of amides is 1. The van der Waals surface area contributed by atoms with E-state index in [-0.39, 0.29) is 5.91 Å². The molecule has 2 N–H and O–H groups in total. The van der Waals surface area contributed by atoms with Crippen LogP contribution >= 0.6 is 0 Å². The van der Waals surface area contributed by atoms with E-state index < -0.39 is 0 Å². The molecule has 1 aromatic rings. The summed E-state index contributed by atoms with van der Waals surface area (Å²) in [4.78, 5) is 16.1. The zero-order valence-corrected chi connectivity index (χ0v) is 13.9. The van der Waals surface area contributed by atoms with Gasteiger partial charge in [0.05, 0.1) is 38.9 Å². The summed E-state index contributed by atoms with van der Waals surface area (Å²) in [6.07, 6.45) is 0.554. The maximum absolute atomic E-state index is 12.2. The lowest BCUT2D eigenvalue weighted by Crippen LogP contribution is -3.14. The molecule has 0 radical (unpaired) electrons. The highest BCUT2D eigenvalue weighted by Gasteiger charge is 2.19. The third-order valence-corrected chi connectivity index (χ3v) is 4.35. The lowest BCUT2D eigenvalue weighted by molar-refractivity contribution is -0.903. The van der Waals surface area contributed by atoms with Gasteiger partial charge in [-0.1, -0.05) is 13.0 Å². The minimum Gasteiger partial charge on any atom is -0.495 e. The molecule has 1 amide bonds. The molecule has 2 rings (SSSR count). The average molecular weight is 306 g/mol. The second-order valence-corrected chi connectivity index (χ2v) is 5.94.